The van der Waals surface area contributed by atoms with Gasteiger partial charge in [0.15, 0.2) is 0 Å². The molecule has 0 aromatic heterocycles. The maximum absolute atomic E-state index is 12.7. The largest absolute Gasteiger partial charge is 0.355 e. The number of aliphatic hydroxyl groups is 1. The van der Waals surface area contributed by atoms with E-state index in [2.05, 4.69) is 16.8 Å². The van der Waals surface area contributed by atoms with Crippen molar-refractivity contribution in [3.63, 3.8) is 0 Å². The molecule has 0 radical (unpaired) electrons. The van der Waals surface area contributed by atoms with Gasteiger partial charge in [0.1, 0.15) is 5.84 Å². The first-order valence-corrected chi connectivity index (χ1v) is 13.4. The number of hydrogen-bond donors (Lipinski definition) is 2. The summed E-state index contributed by atoms with van der Waals surface area (Å²) in [5.41, 5.74) is 5.01. The van der Waals surface area contributed by atoms with Crippen molar-refractivity contribution in [2.75, 3.05) is 36.8 Å². The van der Waals surface area contributed by atoms with Crippen molar-refractivity contribution in [1.29, 1.82) is 0 Å². The van der Waals surface area contributed by atoms with Crippen molar-refractivity contribution in [2.24, 2.45) is 4.99 Å². The lowest BCUT2D eigenvalue weighted by molar-refractivity contribution is -0.128. The monoisotopic (exact) mass is 523 g/mol. The van der Waals surface area contributed by atoms with Crippen LogP contribution in [0.5, 0.6) is 0 Å². The molecule has 186 valence electrons. The van der Waals surface area contributed by atoms with Gasteiger partial charge in [-0.2, -0.15) is 0 Å². The molecule has 0 saturated carbocycles. The fourth-order valence-corrected chi connectivity index (χ4v) is 7.20. The lowest BCUT2D eigenvalue weighted by Gasteiger charge is -2.45. The highest BCUT2D eigenvalue weighted by Crippen LogP contribution is 2.50. The Hall–Kier alpha value is -3.01. The van der Waals surface area contributed by atoms with Crippen LogP contribution in [0, 0.1) is 0 Å². The standard InChI is InChI=1S/C26H26ClN5O3S/c1-3-19(33)30-7-8-31(14(2)13-30)24-17-11-18(27)21(16-6-4-5-15-12-28-25(34)20(15)16)23-22(17)32(9-10-36-23)26(35)29-24/h3-6,11,14,26,35H,1,7-10,12-13H2,2H3,(H,28,34)/t14-,26?/m0/s1. The Balaban J connectivity index is 1.48. The number of hydrogen-bond acceptors (Lipinski definition) is 7. The van der Waals surface area contributed by atoms with Crippen molar-refractivity contribution < 1.29 is 14.7 Å². The molecular weight excluding hydrogens is 498 g/mol. The average molecular weight is 524 g/mol. The van der Waals surface area contributed by atoms with Crippen molar-refractivity contribution in [2.45, 2.75) is 30.8 Å². The summed E-state index contributed by atoms with van der Waals surface area (Å²) in [6.07, 6.45) is 0.320. The summed E-state index contributed by atoms with van der Waals surface area (Å²) in [6.45, 7) is 8.47. The quantitative estimate of drug-likeness (QED) is 0.588. The van der Waals surface area contributed by atoms with E-state index in [0.29, 0.717) is 49.1 Å². The second-order valence-corrected chi connectivity index (χ2v) is 10.9. The summed E-state index contributed by atoms with van der Waals surface area (Å²) in [7, 11) is 0. The molecule has 2 amide bonds. The molecule has 2 aromatic carbocycles. The molecule has 4 heterocycles. The number of amides is 2. The minimum atomic E-state index is -1.02. The van der Waals surface area contributed by atoms with Crippen molar-refractivity contribution in [3.05, 3.63) is 58.6 Å². The molecule has 2 N–H and O–H groups in total. The summed E-state index contributed by atoms with van der Waals surface area (Å²) < 4.78 is 0. The number of aliphatic hydroxyl groups excluding tert-OH is 1. The van der Waals surface area contributed by atoms with Crippen molar-refractivity contribution in [3.8, 4) is 11.1 Å². The van der Waals surface area contributed by atoms with Gasteiger partial charge in [-0.3, -0.25) is 9.59 Å². The summed E-state index contributed by atoms with van der Waals surface area (Å²) in [6, 6.07) is 7.77. The molecule has 6 rings (SSSR count). The van der Waals surface area contributed by atoms with E-state index < -0.39 is 6.35 Å². The van der Waals surface area contributed by atoms with Crippen LogP contribution in [-0.4, -0.2) is 76.9 Å². The highest BCUT2D eigenvalue weighted by atomic mass is 35.5. The number of fused-ring (bicyclic) bond motifs is 1. The van der Waals surface area contributed by atoms with Crippen LogP contribution < -0.4 is 10.2 Å². The van der Waals surface area contributed by atoms with Gasteiger partial charge in [0.05, 0.1) is 16.3 Å². The molecule has 4 aliphatic heterocycles. The van der Waals surface area contributed by atoms with Crippen molar-refractivity contribution in [1.82, 2.24) is 15.1 Å². The summed E-state index contributed by atoms with van der Waals surface area (Å²) >= 11 is 8.69. The van der Waals surface area contributed by atoms with E-state index in [1.807, 2.05) is 36.1 Å². The molecular formula is C26H26ClN5O3S. The Morgan fingerprint density at radius 3 is 2.86 bits per heavy atom. The Morgan fingerprint density at radius 2 is 2.08 bits per heavy atom. The molecule has 0 spiro atoms. The molecule has 1 unspecified atom stereocenters. The summed E-state index contributed by atoms with van der Waals surface area (Å²) in [5, 5.41) is 14.6. The van der Waals surface area contributed by atoms with E-state index in [1.54, 1.807) is 16.7 Å². The molecule has 10 heteroatoms. The first kappa shape index (κ1) is 23.4. The third-order valence-corrected chi connectivity index (χ3v) is 8.67. The van der Waals surface area contributed by atoms with Crippen LogP contribution in [0.25, 0.3) is 11.1 Å². The van der Waals surface area contributed by atoms with Crippen LogP contribution in [0.1, 0.15) is 28.4 Å². The summed E-state index contributed by atoms with van der Waals surface area (Å²) in [5.74, 6) is 1.27. The number of carbonyl (C=O) groups excluding carboxylic acids is 2. The number of aliphatic imine (C=N–C) groups is 1. The third-order valence-electron chi connectivity index (χ3n) is 7.30. The SMILES string of the molecule is C=CC(=O)N1CCN(C2=NC(O)N3CCSc4c(-c5cccc6c5C(=O)NC6)c(Cl)cc2c43)[C@@H](C)C1. The van der Waals surface area contributed by atoms with Gasteiger partial charge in [-0.25, -0.2) is 4.99 Å². The zero-order chi connectivity index (χ0) is 25.1. The minimum Gasteiger partial charge on any atom is -0.355 e. The van der Waals surface area contributed by atoms with Crippen molar-refractivity contribution >= 4 is 46.7 Å². The van der Waals surface area contributed by atoms with E-state index in [9.17, 15) is 14.7 Å². The van der Waals surface area contributed by atoms with Gasteiger partial charge in [-0.15, -0.1) is 11.8 Å². The zero-order valence-electron chi connectivity index (χ0n) is 19.8. The second kappa shape index (κ2) is 8.83. The average Bonchev–Trinajstić information content (AvgIpc) is 3.26. The van der Waals surface area contributed by atoms with Crippen LogP contribution in [0.4, 0.5) is 5.69 Å². The Kier molecular flexibility index (Phi) is 5.74. The minimum absolute atomic E-state index is 0.00779. The highest BCUT2D eigenvalue weighted by molar-refractivity contribution is 7.99. The number of piperazine rings is 1. The number of thioether (sulfide) groups is 1. The van der Waals surface area contributed by atoms with Gasteiger partial charge in [0.25, 0.3) is 5.91 Å². The van der Waals surface area contributed by atoms with E-state index >= 15 is 0 Å². The predicted molar refractivity (Wildman–Crippen MR) is 142 cm³/mol. The maximum atomic E-state index is 12.7. The molecule has 4 aliphatic rings. The first-order chi connectivity index (χ1) is 17.4. The van der Waals surface area contributed by atoms with Crippen LogP contribution in [0.15, 0.2) is 46.8 Å². The van der Waals surface area contributed by atoms with Crippen LogP contribution in [-0.2, 0) is 11.3 Å². The Morgan fingerprint density at radius 1 is 1.25 bits per heavy atom. The van der Waals surface area contributed by atoms with Gasteiger partial charge in [0.2, 0.25) is 12.3 Å². The normalized spacial score (nSPS) is 22.6. The molecule has 8 nitrogen and oxygen atoms in total. The summed E-state index contributed by atoms with van der Waals surface area (Å²) in [4.78, 5) is 36.4. The number of rotatable bonds is 2. The van der Waals surface area contributed by atoms with E-state index in [1.165, 1.54) is 6.08 Å². The van der Waals surface area contributed by atoms with Crippen LogP contribution in [0.2, 0.25) is 5.02 Å². The topological polar surface area (TPSA) is 88.5 Å². The van der Waals surface area contributed by atoms with Crippen LogP contribution in [0.3, 0.4) is 0 Å². The first-order valence-electron chi connectivity index (χ1n) is 12.0. The second-order valence-electron chi connectivity index (χ2n) is 9.35. The molecule has 2 atom stereocenters. The fourth-order valence-electron chi connectivity index (χ4n) is 5.62. The number of nitrogens with zero attached hydrogens (tertiary/aromatic N) is 4. The molecule has 1 saturated heterocycles. The molecule has 0 bridgehead atoms. The van der Waals surface area contributed by atoms with Gasteiger partial charge >= 0.3 is 0 Å². The van der Waals surface area contributed by atoms with Gasteiger partial charge in [-0.05, 0) is 30.2 Å². The van der Waals surface area contributed by atoms with E-state index in [4.69, 9.17) is 16.6 Å². The fraction of sp³-hybridized carbons (Fsp3) is 0.346. The third kappa shape index (κ3) is 3.52. The van der Waals surface area contributed by atoms with Crippen LogP contribution >= 0.6 is 23.4 Å². The highest BCUT2D eigenvalue weighted by Gasteiger charge is 2.39. The molecule has 1 fully saturated rings. The predicted octanol–water partition coefficient (Wildman–Crippen LogP) is 2.92. The number of anilines is 1. The Bertz CT molecular complexity index is 1350. The smallest absolute Gasteiger partial charge is 0.252 e. The number of halogens is 1. The van der Waals surface area contributed by atoms with Gasteiger partial charge < -0.3 is 25.1 Å². The number of carbonyl (C=O) groups is 2. The molecule has 0 aliphatic carbocycles. The van der Waals surface area contributed by atoms with E-state index in [-0.39, 0.29) is 17.9 Å². The Labute approximate surface area is 218 Å². The lowest BCUT2D eigenvalue weighted by Crippen LogP contribution is -2.57. The van der Waals surface area contributed by atoms with Gasteiger partial charge in [-0.1, -0.05) is 36.4 Å². The number of benzene rings is 2. The molecule has 2 aromatic rings. The number of nitrogens with one attached hydrogen (secondary N) is 1. The maximum Gasteiger partial charge on any atom is 0.252 e. The van der Waals surface area contributed by atoms with E-state index in [0.717, 1.165) is 38.6 Å². The zero-order valence-corrected chi connectivity index (χ0v) is 21.4. The number of amidine groups is 1. The molecule has 36 heavy (non-hydrogen) atoms. The van der Waals surface area contributed by atoms with Gasteiger partial charge in [0, 0.05) is 60.5 Å². The lowest BCUT2D eigenvalue weighted by atomic mass is 9.93.